The van der Waals surface area contributed by atoms with Crippen molar-refractivity contribution in [2.24, 2.45) is 0 Å². The Kier molecular flexibility index (Phi) is 6.41. The number of amides is 1. The van der Waals surface area contributed by atoms with Crippen molar-refractivity contribution in [2.45, 2.75) is 38.0 Å². The maximum absolute atomic E-state index is 12.0. The summed E-state index contributed by atoms with van der Waals surface area (Å²) in [5.74, 6) is 1.79. The molecule has 0 unspecified atom stereocenters. The fourth-order valence-electron chi connectivity index (χ4n) is 1.98. The van der Waals surface area contributed by atoms with Crippen molar-refractivity contribution in [3.8, 4) is 5.75 Å². The zero-order valence-electron chi connectivity index (χ0n) is 13.8. The smallest absolute Gasteiger partial charge is 0.264 e. The maximum Gasteiger partial charge on any atom is 0.264 e. The predicted octanol–water partition coefficient (Wildman–Crippen LogP) is 4.10. The first-order chi connectivity index (χ1) is 11.0. The van der Waals surface area contributed by atoms with Gasteiger partial charge in [-0.3, -0.25) is 10.1 Å². The van der Waals surface area contributed by atoms with Crippen LogP contribution in [0.5, 0.6) is 5.75 Å². The topological polar surface area (TPSA) is 64.1 Å². The van der Waals surface area contributed by atoms with Gasteiger partial charge in [0.25, 0.3) is 5.91 Å². The average Bonchev–Trinajstić information content (AvgIpc) is 2.92. The fourth-order valence-corrected chi connectivity index (χ4v) is 3.65. The highest BCUT2D eigenvalue weighted by atomic mass is 32.2. The molecule has 1 N–H and O–H groups in total. The summed E-state index contributed by atoms with van der Waals surface area (Å²) in [6.45, 7) is 8.22. The van der Waals surface area contributed by atoms with E-state index in [9.17, 15) is 4.79 Å². The molecule has 0 aliphatic rings. The lowest BCUT2D eigenvalue weighted by molar-refractivity contribution is -0.118. The van der Waals surface area contributed by atoms with Crippen LogP contribution >= 0.6 is 23.1 Å². The second kappa shape index (κ2) is 8.31. The van der Waals surface area contributed by atoms with Crippen LogP contribution in [0.2, 0.25) is 0 Å². The zero-order chi connectivity index (χ0) is 16.8. The van der Waals surface area contributed by atoms with Gasteiger partial charge in [-0.1, -0.05) is 56.0 Å². The van der Waals surface area contributed by atoms with Crippen molar-refractivity contribution >= 4 is 34.1 Å². The minimum absolute atomic E-state index is 0.0427. The van der Waals surface area contributed by atoms with Gasteiger partial charge in [-0.05, 0) is 35.8 Å². The minimum atomic E-state index is -0.231. The number of ether oxygens (including phenoxy) is 1. The summed E-state index contributed by atoms with van der Waals surface area (Å²) in [7, 11) is 0. The number of aromatic nitrogens is 2. The fraction of sp³-hybridized carbons (Fsp3) is 0.438. The molecular formula is C16H21N3O2S2. The Balaban J connectivity index is 1.95. The third-order valence-corrected chi connectivity index (χ3v) is 4.92. The van der Waals surface area contributed by atoms with Crippen molar-refractivity contribution in [3.63, 3.8) is 0 Å². The summed E-state index contributed by atoms with van der Waals surface area (Å²) in [6.07, 6.45) is 0. The maximum atomic E-state index is 12.0. The van der Waals surface area contributed by atoms with E-state index in [2.05, 4.69) is 35.4 Å². The van der Waals surface area contributed by atoms with Gasteiger partial charge in [-0.2, -0.15) is 0 Å². The van der Waals surface area contributed by atoms with Gasteiger partial charge in [0.2, 0.25) is 5.13 Å². The van der Waals surface area contributed by atoms with Crippen LogP contribution in [0.25, 0.3) is 0 Å². The summed E-state index contributed by atoms with van der Waals surface area (Å²) in [4.78, 5) is 12.0. The molecule has 0 aliphatic heterocycles. The third kappa shape index (κ3) is 5.21. The summed E-state index contributed by atoms with van der Waals surface area (Å²) < 4.78 is 6.56. The van der Waals surface area contributed by atoms with Crippen LogP contribution < -0.4 is 10.1 Å². The van der Waals surface area contributed by atoms with Gasteiger partial charge in [0, 0.05) is 0 Å². The molecule has 1 amide bonds. The molecule has 0 bridgehead atoms. The van der Waals surface area contributed by atoms with Crippen LogP contribution in [0.4, 0.5) is 5.13 Å². The van der Waals surface area contributed by atoms with Gasteiger partial charge in [0.05, 0.1) is 0 Å². The van der Waals surface area contributed by atoms with Crippen LogP contribution in [-0.2, 0) is 4.79 Å². The van der Waals surface area contributed by atoms with E-state index >= 15 is 0 Å². The molecule has 0 spiro atoms. The number of thioether (sulfide) groups is 1. The van der Waals surface area contributed by atoms with E-state index in [-0.39, 0.29) is 12.5 Å². The highest BCUT2D eigenvalue weighted by molar-refractivity contribution is 8.01. The average molecular weight is 351 g/mol. The molecule has 0 fully saturated rings. The normalized spacial score (nSPS) is 10.8. The van der Waals surface area contributed by atoms with Gasteiger partial charge in [0.15, 0.2) is 10.9 Å². The zero-order valence-corrected chi connectivity index (χ0v) is 15.4. The molecule has 0 atom stereocenters. The monoisotopic (exact) mass is 351 g/mol. The van der Waals surface area contributed by atoms with Gasteiger partial charge >= 0.3 is 0 Å². The van der Waals surface area contributed by atoms with Crippen LogP contribution in [0.3, 0.4) is 0 Å². The Labute approximate surface area is 144 Å². The van der Waals surface area contributed by atoms with E-state index in [1.807, 2.05) is 26.0 Å². The molecule has 0 aliphatic carbocycles. The van der Waals surface area contributed by atoms with Crippen LogP contribution in [-0.4, -0.2) is 28.5 Å². The molecule has 1 heterocycles. The Bertz CT molecular complexity index is 671. The third-order valence-electron chi connectivity index (χ3n) is 3.07. The molecule has 7 heteroatoms. The number of carbonyl (C=O) groups is 1. The van der Waals surface area contributed by atoms with Crippen molar-refractivity contribution in [2.75, 3.05) is 17.7 Å². The molecule has 0 radical (unpaired) electrons. The van der Waals surface area contributed by atoms with E-state index in [0.29, 0.717) is 11.0 Å². The standard InChI is InChI=1S/C16H21N3O2S2/c1-5-22-16-19-18-15(23-16)17-14(20)9-21-13-8-11(4)6-7-12(13)10(2)3/h6-8,10H,5,9H2,1-4H3,(H,17,18,20). The van der Waals surface area contributed by atoms with Crippen LogP contribution in [0, 0.1) is 6.92 Å². The predicted molar refractivity (Wildman–Crippen MR) is 95.7 cm³/mol. The van der Waals surface area contributed by atoms with Gasteiger partial charge < -0.3 is 4.74 Å². The molecule has 2 aromatic rings. The van der Waals surface area contributed by atoms with Gasteiger partial charge in [-0.25, -0.2) is 0 Å². The number of carbonyl (C=O) groups excluding carboxylic acids is 1. The van der Waals surface area contributed by atoms with E-state index in [4.69, 9.17) is 4.74 Å². The number of hydrogen-bond acceptors (Lipinski definition) is 6. The van der Waals surface area contributed by atoms with Gasteiger partial charge in [0.1, 0.15) is 5.75 Å². The number of hydrogen-bond donors (Lipinski definition) is 1. The molecule has 0 saturated carbocycles. The Hall–Kier alpha value is -1.60. The highest BCUT2D eigenvalue weighted by Gasteiger charge is 2.12. The Morgan fingerprint density at radius 2 is 2.17 bits per heavy atom. The van der Waals surface area contributed by atoms with E-state index in [1.165, 1.54) is 11.3 Å². The SMILES string of the molecule is CCSc1nnc(NC(=O)COc2cc(C)ccc2C(C)C)s1. The summed E-state index contributed by atoms with van der Waals surface area (Å²) in [5.41, 5.74) is 2.20. The van der Waals surface area contributed by atoms with Gasteiger partial charge in [-0.15, -0.1) is 10.2 Å². The molecule has 5 nitrogen and oxygen atoms in total. The number of benzene rings is 1. The summed E-state index contributed by atoms with van der Waals surface area (Å²) in [5, 5.41) is 11.2. The number of anilines is 1. The number of aryl methyl sites for hydroxylation is 1. The lowest BCUT2D eigenvalue weighted by Crippen LogP contribution is -2.20. The Morgan fingerprint density at radius 1 is 1.39 bits per heavy atom. The molecule has 2 rings (SSSR count). The number of rotatable bonds is 7. The summed E-state index contributed by atoms with van der Waals surface area (Å²) >= 11 is 2.97. The second-order valence-electron chi connectivity index (χ2n) is 5.34. The first kappa shape index (κ1) is 17.7. The highest BCUT2D eigenvalue weighted by Crippen LogP contribution is 2.28. The molecule has 124 valence electrons. The van der Waals surface area contributed by atoms with Crippen molar-refractivity contribution < 1.29 is 9.53 Å². The van der Waals surface area contributed by atoms with E-state index < -0.39 is 0 Å². The lowest BCUT2D eigenvalue weighted by Gasteiger charge is -2.14. The molecule has 1 aromatic heterocycles. The summed E-state index contributed by atoms with van der Waals surface area (Å²) in [6, 6.07) is 6.06. The van der Waals surface area contributed by atoms with Crippen molar-refractivity contribution in [1.82, 2.24) is 10.2 Å². The molecular weight excluding hydrogens is 330 g/mol. The van der Waals surface area contributed by atoms with Crippen molar-refractivity contribution in [3.05, 3.63) is 29.3 Å². The minimum Gasteiger partial charge on any atom is -0.483 e. The van der Waals surface area contributed by atoms with E-state index in [1.54, 1.807) is 11.8 Å². The molecule has 1 aromatic carbocycles. The largest absolute Gasteiger partial charge is 0.483 e. The lowest BCUT2D eigenvalue weighted by atomic mass is 10.0. The Morgan fingerprint density at radius 3 is 2.87 bits per heavy atom. The second-order valence-corrected chi connectivity index (χ2v) is 7.83. The van der Waals surface area contributed by atoms with Crippen LogP contribution in [0.15, 0.2) is 22.5 Å². The quantitative estimate of drug-likeness (QED) is 0.601. The first-order valence-corrected chi connectivity index (χ1v) is 9.29. The van der Waals surface area contributed by atoms with Crippen LogP contribution in [0.1, 0.15) is 37.8 Å². The first-order valence-electron chi connectivity index (χ1n) is 7.49. The van der Waals surface area contributed by atoms with Crippen molar-refractivity contribution in [1.29, 1.82) is 0 Å². The van der Waals surface area contributed by atoms with E-state index in [0.717, 1.165) is 27.0 Å². The molecule has 0 saturated heterocycles. The number of nitrogens with zero attached hydrogens (tertiary/aromatic N) is 2. The number of nitrogens with one attached hydrogen (secondary N) is 1. The molecule has 23 heavy (non-hydrogen) atoms.